The molecule has 1 aliphatic carbocycles. The fourth-order valence-corrected chi connectivity index (χ4v) is 2.61. The minimum Gasteiger partial charge on any atom is -0.377 e. The molecule has 0 aliphatic heterocycles. The molecule has 1 saturated carbocycles. The summed E-state index contributed by atoms with van der Waals surface area (Å²) in [5.41, 5.74) is 6.65. The number of nitrogens with two attached hydrogens (primary N) is 1. The molecule has 2 rings (SSSR count). The van der Waals surface area contributed by atoms with Crippen LogP contribution in [0.2, 0.25) is 0 Å². The molecule has 1 fully saturated rings. The maximum absolute atomic E-state index is 12.9. The highest BCUT2D eigenvalue weighted by atomic mass is 19.4. The quantitative estimate of drug-likeness (QED) is 0.916. The number of benzene rings is 1. The highest BCUT2D eigenvalue weighted by Gasteiger charge is 2.49. The van der Waals surface area contributed by atoms with Crippen LogP contribution in [0.1, 0.15) is 30.9 Å². The lowest BCUT2D eigenvalue weighted by Gasteiger charge is -2.27. The molecular weight excluding hydrogens is 253 g/mol. The van der Waals surface area contributed by atoms with Crippen molar-refractivity contribution in [3.05, 3.63) is 29.3 Å². The first kappa shape index (κ1) is 14.2. The average molecular weight is 272 g/mol. The standard InChI is InChI=1S/C14H19F3N2/c1-9(18)13(6-7-13)11-8-10(14(15,16)17)4-5-12(11)19(2)3/h4-5,8-9H,6-7,18H2,1-3H3. The van der Waals surface area contributed by atoms with Crippen molar-refractivity contribution in [2.24, 2.45) is 5.73 Å². The van der Waals surface area contributed by atoms with Crippen molar-refractivity contribution >= 4 is 5.69 Å². The van der Waals surface area contributed by atoms with Gasteiger partial charge in [-0.3, -0.25) is 0 Å². The van der Waals surface area contributed by atoms with Crippen LogP contribution < -0.4 is 10.6 Å². The Labute approximate surface area is 111 Å². The molecule has 1 unspecified atom stereocenters. The van der Waals surface area contributed by atoms with E-state index in [0.29, 0.717) is 0 Å². The summed E-state index contributed by atoms with van der Waals surface area (Å²) >= 11 is 0. The second kappa shape index (κ2) is 4.40. The summed E-state index contributed by atoms with van der Waals surface area (Å²) in [6.45, 7) is 1.87. The van der Waals surface area contributed by atoms with E-state index in [0.717, 1.165) is 30.2 Å². The lowest BCUT2D eigenvalue weighted by molar-refractivity contribution is -0.137. The van der Waals surface area contributed by atoms with Crippen LogP contribution in [0.3, 0.4) is 0 Å². The van der Waals surface area contributed by atoms with Crippen LogP contribution in [0.25, 0.3) is 0 Å². The van der Waals surface area contributed by atoms with Crippen molar-refractivity contribution in [3.8, 4) is 0 Å². The van der Waals surface area contributed by atoms with Gasteiger partial charge in [0.1, 0.15) is 0 Å². The van der Waals surface area contributed by atoms with Crippen LogP contribution in [0.4, 0.5) is 18.9 Å². The van der Waals surface area contributed by atoms with E-state index in [4.69, 9.17) is 5.73 Å². The molecule has 0 bridgehead atoms. The summed E-state index contributed by atoms with van der Waals surface area (Å²) in [4.78, 5) is 1.85. The van der Waals surface area contributed by atoms with Crippen molar-refractivity contribution in [1.29, 1.82) is 0 Å². The molecular formula is C14H19F3N2. The molecule has 1 aromatic rings. The molecule has 2 N–H and O–H groups in total. The molecule has 0 aromatic heterocycles. The third kappa shape index (κ3) is 2.43. The topological polar surface area (TPSA) is 29.3 Å². The summed E-state index contributed by atoms with van der Waals surface area (Å²) in [6.07, 6.45) is -2.60. The van der Waals surface area contributed by atoms with Gasteiger partial charge in [-0.25, -0.2) is 0 Å². The normalized spacial score (nSPS) is 19.1. The smallest absolute Gasteiger partial charge is 0.377 e. The lowest BCUT2D eigenvalue weighted by atomic mass is 9.86. The van der Waals surface area contributed by atoms with E-state index in [-0.39, 0.29) is 11.5 Å². The molecule has 1 aliphatic rings. The van der Waals surface area contributed by atoms with Crippen molar-refractivity contribution in [1.82, 2.24) is 0 Å². The van der Waals surface area contributed by atoms with Gasteiger partial charge in [-0.2, -0.15) is 13.2 Å². The van der Waals surface area contributed by atoms with Crippen molar-refractivity contribution in [3.63, 3.8) is 0 Å². The number of hydrogen-bond donors (Lipinski definition) is 1. The lowest BCUT2D eigenvalue weighted by Crippen LogP contribution is -2.33. The predicted octanol–water partition coefficient (Wildman–Crippen LogP) is 3.15. The van der Waals surface area contributed by atoms with E-state index < -0.39 is 11.7 Å². The number of alkyl halides is 3. The van der Waals surface area contributed by atoms with E-state index in [1.165, 1.54) is 6.07 Å². The second-order valence-corrected chi connectivity index (χ2v) is 5.57. The van der Waals surface area contributed by atoms with E-state index in [1.807, 2.05) is 25.9 Å². The Kier molecular flexibility index (Phi) is 3.29. The summed E-state index contributed by atoms with van der Waals surface area (Å²) in [5.74, 6) is 0. The van der Waals surface area contributed by atoms with Gasteiger partial charge in [0.2, 0.25) is 0 Å². The van der Waals surface area contributed by atoms with Crippen LogP contribution in [-0.4, -0.2) is 20.1 Å². The number of nitrogens with zero attached hydrogens (tertiary/aromatic N) is 1. The zero-order valence-corrected chi connectivity index (χ0v) is 11.4. The zero-order chi connectivity index (χ0) is 14.4. The highest BCUT2D eigenvalue weighted by Crippen LogP contribution is 2.53. The van der Waals surface area contributed by atoms with Gasteiger partial charge in [-0.05, 0) is 43.5 Å². The Balaban J connectivity index is 2.56. The van der Waals surface area contributed by atoms with Gasteiger partial charge in [0.05, 0.1) is 5.56 Å². The van der Waals surface area contributed by atoms with Gasteiger partial charge >= 0.3 is 6.18 Å². The van der Waals surface area contributed by atoms with E-state index >= 15 is 0 Å². The summed E-state index contributed by atoms with van der Waals surface area (Å²) < 4.78 is 38.6. The molecule has 0 saturated heterocycles. The monoisotopic (exact) mass is 272 g/mol. The molecule has 0 radical (unpaired) electrons. The van der Waals surface area contributed by atoms with E-state index in [1.54, 1.807) is 6.07 Å². The molecule has 5 heteroatoms. The van der Waals surface area contributed by atoms with Crippen molar-refractivity contribution < 1.29 is 13.2 Å². The first-order chi connectivity index (χ1) is 8.68. The summed E-state index contributed by atoms with van der Waals surface area (Å²) in [5, 5.41) is 0. The van der Waals surface area contributed by atoms with Gasteiger partial charge < -0.3 is 10.6 Å². The van der Waals surface area contributed by atoms with Gasteiger partial charge in [-0.15, -0.1) is 0 Å². The third-order valence-electron chi connectivity index (χ3n) is 4.00. The average Bonchev–Trinajstić information content (AvgIpc) is 3.07. The number of rotatable bonds is 3. The summed E-state index contributed by atoms with van der Waals surface area (Å²) in [7, 11) is 3.67. The maximum Gasteiger partial charge on any atom is 0.416 e. The minimum atomic E-state index is -4.31. The van der Waals surface area contributed by atoms with Crippen LogP contribution in [0.5, 0.6) is 0 Å². The van der Waals surface area contributed by atoms with E-state index in [9.17, 15) is 13.2 Å². The Hall–Kier alpha value is -1.23. The molecule has 1 atom stereocenters. The van der Waals surface area contributed by atoms with Crippen LogP contribution in [0, 0.1) is 0 Å². The number of anilines is 1. The van der Waals surface area contributed by atoms with Gasteiger partial charge in [0.15, 0.2) is 0 Å². The Morgan fingerprint density at radius 1 is 1.26 bits per heavy atom. The van der Waals surface area contributed by atoms with Crippen molar-refractivity contribution in [2.75, 3.05) is 19.0 Å². The van der Waals surface area contributed by atoms with Gasteiger partial charge in [0.25, 0.3) is 0 Å². The SMILES string of the molecule is CC(N)C1(c2cc(C(F)(F)F)ccc2N(C)C)CC1. The number of hydrogen-bond acceptors (Lipinski definition) is 2. The number of halogens is 3. The van der Waals surface area contributed by atoms with Gasteiger partial charge in [-0.1, -0.05) is 0 Å². The minimum absolute atomic E-state index is 0.144. The Morgan fingerprint density at radius 3 is 2.21 bits per heavy atom. The first-order valence-electron chi connectivity index (χ1n) is 6.33. The zero-order valence-electron chi connectivity index (χ0n) is 11.4. The maximum atomic E-state index is 12.9. The first-order valence-corrected chi connectivity index (χ1v) is 6.33. The van der Waals surface area contributed by atoms with E-state index in [2.05, 4.69) is 0 Å². The predicted molar refractivity (Wildman–Crippen MR) is 70.3 cm³/mol. The fourth-order valence-electron chi connectivity index (χ4n) is 2.61. The Bertz CT molecular complexity index is 474. The fraction of sp³-hybridized carbons (Fsp3) is 0.571. The van der Waals surface area contributed by atoms with Gasteiger partial charge in [0, 0.05) is 31.2 Å². The third-order valence-corrected chi connectivity index (χ3v) is 4.00. The molecule has 19 heavy (non-hydrogen) atoms. The second-order valence-electron chi connectivity index (χ2n) is 5.57. The molecule has 0 heterocycles. The Morgan fingerprint density at radius 2 is 1.84 bits per heavy atom. The largest absolute Gasteiger partial charge is 0.416 e. The molecule has 2 nitrogen and oxygen atoms in total. The highest BCUT2D eigenvalue weighted by molar-refractivity contribution is 5.60. The van der Waals surface area contributed by atoms with Crippen LogP contribution in [-0.2, 0) is 11.6 Å². The molecule has 0 amide bonds. The van der Waals surface area contributed by atoms with Crippen LogP contribution in [0.15, 0.2) is 18.2 Å². The van der Waals surface area contributed by atoms with Crippen molar-refractivity contribution in [2.45, 2.75) is 37.4 Å². The van der Waals surface area contributed by atoms with Crippen LogP contribution >= 0.6 is 0 Å². The molecule has 0 spiro atoms. The molecule has 106 valence electrons. The summed E-state index contributed by atoms with van der Waals surface area (Å²) in [6, 6.07) is 3.80. The molecule has 1 aromatic carbocycles.